The van der Waals surface area contributed by atoms with Gasteiger partial charge in [-0.3, -0.25) is 0 Å². The number of hydrogen-bond donors (Lipinski definition) is 1. The number of hydrogen-bond acceptors (Lipinski definition) is 3. The molecule has 0 saturated carbocycles. The predicted octanol–water partition coefficient (Wildman–Crippen LogP) is 3.68. The van der Waals surface area contributed by atoms with Crippen LogP contribution in [0.5, 0.6) is 5.75 Å². The number of nitrogens with two attached hydrogens (primary N) is 1. The van der Waals surface area contributed by atoms with E-state index in [2.05, 4.69) is 26.0 Å². The Morgan fingerprint density at radius 1 is 1.32 bits per heavy atom. The van der Waals surface area contributed by atoms with Gasteiger partial charge in [0.15, 0.2) is 0 Å². The predicted molar refractivity (Wildman–Crippen MR) is 78.1 cm³/mol. The molecule has 2 unspecified atom stereocenters. The molecule has 0 aromatic heterocycles. The Hall–Kier alpha value is -1.53. The second kappa shape index (κ2) is 6.58. The lowest BCUT2D eigenvalue weighted by molar-refractivity contribution is 0.406. The maximum absolute atomic E-state index is 9.17. The molecular formula is C16H24N2O. The Balaban J connectivity index is 3.29. The highest BCUT2D eigenvalue weighted by molar-refractivity contribution is 5.45. The van der Waals surface area contributed by atoms with Crippen LogP contribution in [0.3, 0.4) is 0 Å². The molecule has 19 heavy (non-hydrogen) atoms. The van der Waals surface area contributed by atoms with Gasteiger partial charge in [-0.15, -0.1) is 0 Å². The van der Waals surface area contributed by atoms with Gasteiger partial charge < -0.3 is 10.5 Å². The molecule has 0 radical (unpaired) electrons. The van der Waals surface area contributed by atoms with Gasteiger partial charge in [0.25, 0.3) is 0 Å². The van der Waals surface area contributed by atoms with E-state index in [0.29, 0.717) is 5.92 Å². The summed E-state index contributed by atoms with van der Waals surface area (Å²) in [6.07, 6.45) is 0.764. The lowest BCUT2D eigenvalue weighted by atomic mass is 9.87. The third-order valence-corrected chi connectivity index (χ3v) is 3.64. The van der Waals surface area contributed by atoms with Gasteiger partial charge in [0.1, 0.15) is 5.75 Å². The van der Waals surface area contributed by atoms with Gasteiger partial charge >= 0.3 is 0 Å². The highest BCUT2D eigenvalue weighted by Gasteiger charge is 2.21. The first-order valence-electron chi connectivity index (χ1n) is 6.79. The van der Waals surface area contributed by atoms with Crippen molar-refractivity contribution in [3.8, 4) is 11.8 Å². The fourth-order valence-corrected chi connectivity index (χ4v) is 2.35. The Morgan fingerprint density at radius 2 is 1.95 bits per heavy atom. The molecule has 0 spiro atoms. The molecule has 3 heteroatoms. The third-order valence-electron chi connectivity index (χ3n) is 3.64. The minimum Gasteiger partial charge on any atom is -0.496 e. The molecule has 0 amide bonds. The second-order valence-electron chi connectivity index (χ2n) is 5.28. The van der Waals surface area contributed by atoms with Crippen molar-refractivity contribution >= 4 is 0 Å². The molecule has 0 fully saturated rings. The number of methoxy groups -OCH3 is 1. The zero-order valence-corrected chi connectivity index (χ0v) is 12.5. The molecule has 104 valence electrons. The van der Waals surface area contributed by atoms with Crippen LogP contribution >= 0.6 is 0 Å². The lowest BCUT2D eigenvalue weighted by Crippen LogP contribution is -2.21. The zero-order valence-electron chi connectivity index (χ0n) is 12.5. The Morgan fingerprint density at radius 3 is 2.37 bits per heavy atom. The maximum Gasteiger partial charge on any atom is 0.122 e. The Kier molecular flexibility index (Phi) is 5.38. The van der Waals surface area contributed by atoms with Crippen LogP contribution in [0.25, 0.3) is 0 Å². The van der Waals surface area contributed by atoms with Crippen molar-refractivity contribution in [3.05, 3.63) is 28.8 Å². The molecule has 1 aromatic rings. The van der Waals surface area contributed by atoms with Crippen LogP contribution in [0, 0.1) is 24.2 Å². The largest absolute Gasteiger partial charge is 0.496 e. The first-order chi connectivity index (χ1) is 8.96. The minimum absolute atomic E-state index is 0.146. The summed E-state index contributed by atoms with van der Waals surface area (Å²) in [5.74, 6) is 1.12. The van der Waals surface area contributed by atoms with Crippen molar-refractivity contribution in [2.24, 2.45) is 11.7 Å². The molecule has 0 aliphatic carbocycles. The van der Waals surface area contributed by atoms with E-state index in [9.17, 15) is 5.26 Å². The van der Waals surface area contributed by atoms with Crippen LogP contribution in [0.1, 0.15) is 55.8 Å². The molecule has 3 nitrogen and oxygen atoms in total. The van der Waals surface area contributed by atoms with Gasteiger partial charge in [-0.05, 0) is 48.1 Å². The molecule has 0 saturated heterocycles. The van der Waals surface area contributed by atoms with Crippen LogP contribution in [0.2, 0.25) is 0 Å². The van der Waals surface area contributed by atoms with E-state index in [1.807, 2.05) is 19.9 Å². The maximum atomic E-state index is 9.17. The smallest absolute Gasteiger partial charge is 0.122 e. The van der Waals surface area contributed by atoms with Gasteiger partial charge in [-0.25, -0.2) is 0 Å². The minimum atomic E-state index is -0.238. The highest BCUT2D eigenvalue weighted by atomic mass is 16.5. The summed E-state index contributed by atoms with van der Waals surface area (Å²) in [5.41, 5.74) is 9.54. The summed E-state index contributed by atoms with van der Waals surface area (Å²) in [5, 5.41) is 9.17. The van der Waals surface area contributed by atoms with Crippen LogP contribution in [0.4, 0.5) is 0 Å². The quantitative estimate of drug-likeness (QED) is 0.878. The molecule has 1 rings (SSSR count). The van der Waals surface area contributed by atoms with Crippen molar-refractivity contribution in [2.45, 2.75) is 46.1 Å². The van der Waals surface area contributed by atoms with Gasteiger partial charge in [0.05, 0.1) is 19.1 Å². The topological polar surface area (TPSA) is 59.0 Å². The Labute approximate surface area is 116 Å². The van der Waals surface area contributed by atoms with Gasteiger partial charge in [0.2, 0.25) is 0 Å². The van der Waals surface area contributed by atoms with E-state index in [-0.39, 0.29) is 12.0 Å². The second-order valence-corrected chi connectivity index (χ2v) is 5.28. The fraction of sp³-hybridized carbons (Fsp3) is 0.562. The van der Waals surface area contributed by atoms with Crippen LogP contribution in [0.15, 0.2) is 12.1 Å². The number of nitrogens with zero attached hydrogens (tertiary/aromatic N) is 1. The van der Waals surface area contributed by atoms with E-state index in [4.69, 9.17) is 10.5 Å². The average molecular weight is 260 g/mol. The summed E-state index contributed by atoms with van der Waals surface area (Å²) in [6.45, 7) is 8.27. The van der Waals surface area contributed by atoms with Crippen molar-refractivity contribution in [1.29, 1.82) is 5.26 Å². The molecule has 1 aromatic carbocycles. The number of rotatable bonds is 5. The van der Waals surface area contributed by atoms with E-state index >= 15 is 0 Å². The van der Waals surface area contributed by atoms with Crippen LogP contribution in [-0.4, -0.2) is 7.11 Å². The van der Waals surface area contributed by atoms with Gasteiger partial charge in [-0.1, -0.05) is 20.8 Å². The molecule has 0 aliphatic heterocycles. The summed E-state index contributed by atoms with van der Waals surface area (Å²) in [4.78, 5) is 0. The van der Waals surface area contributed by atoms with Gasteiger partial charge in [-0.2, -0.15) is 5.26 Å². The summed E-state index contributed by atoms with van der Waals surface area (Å²) < 4.78 is 5.43. The van der Waals surface area contributed by atoms with Crippen molar-refractivity contribution in [2.75, 3.05) is 7.11 Å². The molecule has 2 atom stereocenters. The van der Waals surface area contributed by atoms with E-state index in [1.54, 1.807) is 7.11 Å². The van der Waals surface area contributed by atoms with E-state index in [1.165, 1.54) is 0 Å². The summed E-state index contributed by atoms with van der Waals surface area (Å²) in [6, 6.07) is 6.18. The first kappa shape index (κ1) is 15.5. The number of nitriles is 1. The third kappa shape index (κ3) is 3.27. The molecular weight excluding hydrogens is 236 g/mol. The number of aryl methyl sites for hydroxylation is 1. The normalized spacial score (nSPS) is 14.0. The van der Waals surface area contributed by atoms with E-state index in [0.717, 1.165) is 28.9 Å². The number of benzene rings is 1. The molecule has 2 N–H and O–H groups in total. The SMILES string of the molecule is CCC(C#N)C(N)c1cc(C(C)C)c(OC)cc1C. The highest BCUT2D eigenvalue weighted by Crippen LogP contribution is 2.33. The van der Waals surface area contributed by atoms with E-state index < -0.39 is 0 Å². The summed E-state index contributed by atoms with van der Waals surface area (Å²) >= 11 is 0. The Bertz CT molecular complexity index is 474. The van der Waals surface area contributed by atoms with Crippen molar-refractivity contribution < 1.29 is 4.74 Å². The monoisotopic (exact) mass is 260 g/mol. The van der Waals surface area contributed by atoms with Crippen molar-refractivity contribution in [1.82, 2.24) is 0 Å². The van der Waals surface area contributed by atoms with Crippen LogP contribution < -0.4 is 10.5 Å². The fourth-order valence-electron chi connectivity index (χ4n) is 2.35. The molecule has 0 aliphatic rings. The zero-order chi connectivity index (χ0) is 14.6. The average Bonchev–Trinajstić information content (AvgIpc) is 2.39. The lowest BCUT2D eigenvalue weighted by Gasteiger charge is -2.22. The molecule has 0 heterocycles. The first-order valence-corrected chi connectivity index (χ1v) is 6.79. The molecule has 0 bridgehead atoms. The summed E-state index contributed by atoms with van der Waals surface area (Å²) in [7, 11) is 1.68. The standard InChI is InChI=1S/C16H24N2O/c1-6-12(9-17)16(18)14-8-13(10(2)3)15(19-5)7-11(14)4/h7-8,10,12,16H,6,18H2,1-5H3. The van der Waals surface area contributed by atoms with Gasteiger partial charge in [0, 0.05) is 6.04 Å². The van der Waals surface area contributed by atoms with Crippen molar-refractivity contribution in [3.63, 3.8) is 0 Å². The van der Waals surface area contributed by atoms with Crippen LogP contribution in [-0.2, 0) is 0 Å². The number of ether oxygens (including phenoxy) is 1.